The van der Waals surface area contributed by atoms with Gasteiger partial charge in [-0.3, -0.25) is 4.79 Å². The lowest BCUT2D eigenvalue weighted by atomic mass is 10.1. The molecule has 0 aliphatic rings. The minimum Gasteiger partial charge on any atom is -0.309 e. The van der Waals surface area contributed by atoms with Gasteiger partial charge in [-0.15, -0.1) is 0 Å². The van der Waals surface area contributed by atoms with Gasteiger partial charge in [0.25, 0.3) is 5.91 Å². The van der Waals surface area contributed by atoms with Gasteiger partial charge in [0.15, 0.2) is 0 Å². The van der Waals surface area contributed by atoms with Crippen molar-refractivity contribution >= 4 is 27.5 Å². The van der Waals surface area contributed by atoms with Crippen molar-refractivity contribution in [1.29, 1.82) is 0 Å². The van der Waals surface area contributed by atoms with Crippen molar-refractivity contribution in [1.82, 2.24) is 0 Å². The minimum absolute atomic E-state index is 0.204. The Morgan fingerprint density at radius 1 is 1.25 bits per heavy atom. The second-order valence-corrected chi connectivity index (χ2v) is 5.37. The zero-order chi connectivity index (χ0) is 14.7. The highest BCUT2D eigenvalue weighted by atomic mass is 79.9. The summed E-state index contributed by atoms with van der Waals surface area (Å²) in [7, 11) is 0. The lowest BCUT2D eigenvalue weighted by Crippen LogP contribution is -2.30. The number of hydrogen-bond donors (Lipinski definition) is 0. The topological polar surface area (TPSA) is 20.3 Å². The average Bonchev–Trinajstić information content (AvgIpc) is 2.42. The second-order valence-electron chi connectivity index (χ2n) is 4.52. The summed E-state index contributed by atoms with van der Waals surface area (Å²) in [5, 5.41) is 0. The van der Waals surface area contributed by atoms with Crippen LogP contribution in [0.25, 0.3) is 0 Å². The quantitative estimate of drug-likeness (QED) is 0.804. The summed E-state index contributed by atoms with van der Waals surface area (Å²) in [6.07, 6.45) is 0. The van der Waals surface area contributed by atoms with Crippen LogP contribution < -0.4 is 4.90 Å². The molecule has 0 unspecified atom stereocenters. The first-order valence-electron chi connectivity index (χ1n) is 6.36. The highest BCUT2D eigenvalue weighted by Gasteiger charge is 2.17. The predicted molar refractivity (Wildman–Crippen MR) is 82.6 cm³/mol. The Morgan fingerprint density at radius 2 is 2.00 bits per heavy atom. The van der Waals surface area contributed by atoms with Crippen molar-refractivity contribution in [2.24, 2.45) is 0 Å². The van der Waals surface area contributed by atoms with Crippen molar-refractivity contribution in [3.63, 3.8) is 0 Å². The largest absolute Gasteiger partial charge is 0.309 e. The molecule has 0 aromatic heterocycles. The van der Waals surface area contributed by atoms with E-state index < -0.39 is 5.82 Å². The number of benzene rings is 2. The molecule has 0 atom stereocenters. The van der Waals surface area contributed by atoms with Gasteiger partial charge in [0.2, 0.25) is 0 Å². The molecule has 0 saturated heterocycles. The average molecular weight is 336 g/mol. The van der Waals surface area contributed by atoms with E-state index in [0.29, 0.717) is 16.6 Å². The third-order valence-corrected chi connectivity index (χ3v) is 3.68. The number of carbonyl (C=O) groups excluding carboxylic acids is 1. The molecule has 1 amide bonds. The SMILES string of the molecule is CCN(C(=O)c1ccc(Br)c(F)c1)c1cccc(C)c1. The van der Waals surface area contributed by atoms with Crippen LogP contribution in [-0.2, 0) is 0 Å². The van der Waals surface area contributed by atoms with Crippen LogP contribution in [0.4, 0.5) is 10.1 Å². The van der Waals surface area contributed by atoms with Crippen molar-refractivity contribution in [3.05, 3.63) is 63.9 Å². The number of rotatable bonds is 3. The maximum atomic E-state index is 13.6. The lowest BCUT2D eigenvalue weighted by Gasteiger charge is -2.21. The summed E-state index contributed by atoms with van der Waals surface area (Å²) in [6, 6.07) is 12.1. The molecule has 2 aromatic carbocycles. The Kier molecular flexibility index (Phi) is 4.55. The highest BCUT2D eigenvalue weighted by Crippen LogP contribution is 2.21. The fraction of sp³-hybridized carbons (Fsp3) is 0.188. The molecule has 0 bridgehead atoms. The molecule has 0 spiro atoms. The second kappa shape index (κ2) is 6.18. The molecule has 2 nitrogen and oxygen atoms in total. The number of carbonyl (C=O) groups is 1. The zero-order valence-electron chi connectivity index (χ0n) is 11.4. The monoisotopic (exact) mass is 335 g/mol. The molecule has 2 rings (SSSR count). The van der Waals surface area contributed by atoms with Crippen LogP contribution in [0.15, 0.2) is 46.9 Å². The summed E-state index contributed by atoms with van der Waals surface area (Å²) in [5.74, 6) is -0.638. The van der Waals surface area contributed by atoms with E-state index in [-0.39, 0.29) is 5.91 Å². The fourth-order valence-electron chi connectivity index (χ4n) is 2.02. The van der Waals surface area contributed by atoms with E-state index in [1.54, 1.807) is 17.0 Å². The molecule has 104 valence electrons. The van der Waals surface area contributed by atoms with Crippen molar-refractivity contribution in [2.45, 2.75) is 13.8 Å². The van der Waals surface area contributed by atoms with E-state index in [0.717, 1.165) is 11.3 Å². The van der Waals surface area contributed by atoms with Gasteiger partial charge in [-0.05, 0) is 65.7 Å². The maximum absolute atomic E-state index is 13.6. The number of halogens is 2. The van der Waals surface area contributed by atoms with Gasteiger partial charge in [0, 0.05) is 17.8 Å². The van der Waals surface area contributed by atoms with E-state index in [9.17, 15) is 9.18 Å². The normalized spacial score (nSPS) is 10.4. The summed E-state index contributed by atoms with van der Waals surface area (Å²) in [5.41, 5.74) is 2.24. The van der Waals surface area contributed by atoms with Crippen molar-refractivity contribution in [2.75, 3.05) is 11.4 Å². The molecule has 2 aromatic rings. The fourth-order valence-corrected chi connectivity index (χ4v) is 2.27. The van der Waals surface area contributed by atoms with Crippen molar-refractivity contribution < 1.29 is 9.18 Å². The van der Waals surface area contributed by atoms with Crippen molar-refractivity contribution in [3.8, 4) is 0 Å². The summed E-state index contributed by atoms with van der Waals surface area (Å²) >= 11 is 3.09. The van der Waals surface area contributed by atoms with E-state index in [1.165, 1.54) is 6.07 Å². The molecule has 4 heteroatoms. The number of nitrogens with zero attached hydrogens (tertiary/aromatic N) is 1. The molecule has 0 aliphatic heterocycles. The molecule has 0 aliphatic carbocycles. The Balaban J connectivity index is 2.36. The maximum Gasteiger partial charge on any atom is 0.258 e. The summed E-state index contributed by atoms with van der Waals surface area (Å²) in [6.45, 7) is 4.40. The minimum atomic E-state index is -0.434. The van der Waals surface area contributed by atoms with Gasteiger partial charge >= 0.3 is 0 Å². The van der Waals surface area contributed by atoms with E-state index in [1.807, 2.05) is 38.1 Å². The van der Waals surface area contributed by atoms with Crippen LogP contribution >= 0.6 is 15.9 Å². The number of aryl methyl sites for hydroxylation is 1. The van der Waals surface area contributed by atoms with Crippen LogP contribution in [0.1, 0.15) is 22.8 Å². The van der Waals surface area contributed by atoms with Crippen LogP contribution in [0, 0.1) is 12.7 Å². The molecule has 0 N–H and O–H groups in total. The predicted octanol–water partition coefficient (Wildman–Crippen LogP) is 4.56. The first-order chi connectivity index (χ1) is 9.52. The smallest absolute Gasteiger partial charge is 0.258 e. The molecule has 0 radical (unpaired) electrons. The van der Waals surface area contributed by atoms with E-state index in [2.05, 4.69) is 15.9 Å². The van der Waals surface area contributed by atoms with Gasteiger partial charge < -0.3 is 4.90 Å². The van der Waals surface area contributed by atoms with Crippen LogP contribution in [0.5, 0.6) is 0 Å². The third kappa shape index (κ3) is 3.07. The molecular weight excluding hydrogens is 321 g/mol. The molecule has 0 saturated carbocycles. The summed E-state index contributed by atoms with van der Waals surface area (Å²) in [4.78, 5) is 14.1. The zero-order valence-corrected chi connectivity index (χ0v) is 12.9. The van der Waals surface area contributed by atoms with Crippen LogP contribution in [-0.4, -0.2) is 12.5 Å². The number of amides is 1. The number of anilines is 1. The van der Waals surface area contributed by atoms with Crippen LogP contribution in [0.3, 0.4) is 0 Å². The molecule has 0 heterocycles. The van der Waals surface area contributed by atoms with Gasteiger partial charge in [-0.1, -0.05) is 12.1 Å². The van der Waals surface area contributed by atoms with Gasteiger partial charge in [-0.2, -0.15) is 0 Å². The van der Waals surface area contributed by atoms with Gasteiger partial charge in [0.05, 0.1) is 4.47 Å². The number of hydrogen-bond acceptors (Lipinski definition) is 1. The standard InChI is InChI=1S/C16H15BrFNO/c1-3-19(13-6-4-5-11(2)9-13)16(20)12-7-8-14(17)15(18)10-12/h4-10H,3H2,1-2H3. The Bertz CT molecular complexity index is 642. The lowest BCUT2D eigenvalue weighted by molar-refractivity contribution is 0.0988. The molecular formula is C16H15BrFNO. The summed E-state index contributed by atoms with van der Waals surface area (Å²) < 4.78 is 13.9. The van der Waals surface area contributed by atoms with Crippen LogP contribution in [0.2, 0.25) is 0 Å². The van der Waals surface area contributed by atoms with E-state index in [4.69, 9.17) is 0 Å². The van der Waals surface area contributed by atoms with Gasteiger partial charge in [0.1, 0.15) is 5.82 Å². The van der Waals surface area contributed by atoms with Gasteiger partial charge in [-0.25, -0.2) is 4.39 Å². The third-order valence-electron chi connectivity index (χ3n) is 3.04. The first kappa shape index (κ1) is 14.7. The molecule has 20 heavy (non-hydrogen) atoms. The molecule has 0 fully saturated rings. The van der Waals surface area contributed by atoms with E-state index >= 15 is 0 Å². The highest BCUT2D eigenvalue weighted by molar-refractivity contribution is 9.10. The Morgan fingerprint density at radius 3 is 2.60 bits per heavy atom. The first-order valence-corrected chi connectivity index (χ1v) is 7.16. The Labute approximate surface area is 126 Å². The Hall–Kier alpha value is -1.68.